The average Bonchev–Trinajstić information content (AvgIpc) is 3.58. The van der Waals surface area contributed by atoms with Crippen molar-refractivity contribution in [1.82, 2.24) is 4.90 Å². The van der Waals surface area contributed by atoms with E-state index in [9.17, 15) is 9.90 Å². The summed E-state index contributed by atoms with van der Waals surface area (Å²) in [6, 6.07) is 11.0. The van der Waals surface area contributed by atoms with E-state index in [2.05, 4.69) is 103 Å². The molecule has 0 bridgehead atoms. The lowest BCUT2D eigenvalue weighted by Gasteiger charge is -2.35. The number of hydrogen-bond acceptors (Lipinski definition) is 4. The molecule has 2 N–H and O–H groups in total. The summed E-state index contributed by atoms with van der Waals surface area (Å²) in [6.07, 6.45) is 38.1. The molecule has 4 nitrogen and oxygen atoms in total. The molecule has 0 spiro atoms. The van der Waals surface area contributed by atoms with Crippen molar-refractivity contribution in [2.45, 2.75) is 103 Å². The molecule has 1 atom stereocenters. The lowest BCUT2D eigenvalue weighted by Crippen LogP contribution is -2.41. The number of fused-ring (bicyclic) bond motifs is 1. The zero-order valence-corrected chi connectivity index (χ0v) is 29.1. The smallest absolute Gasteiger partial charge is 0.303 e. The summed E-state index contributed by atoms with van der Waals surface area (Å²) in [6.45, 7) is 6.73. The third-order valence-electron chi connectivity index (χ3n) is 7.81. The number of nitrogens with zero attached hydrogens (tertiary/aromatic N) is 1. The molecular formula is C41H57NO3S. The Morgan fingerprint density at radius 3 is 1.98 bits per heavy atom. The number of carboxylic acids is 1. The molecule has 1 heterocycles. The maximum atomic E-state index is 10.3. The Morgan fingerprint density at radius 1 is 0.826 bits per heavy atom. The molecular weight excluding hydrogens is 587 g/mol. The Morgan fingerprint density at radius 2 is 1.43 bits per heavy atom. The van der Waals surface area contributed by atoms with Gasteiger partial charge in [-0.05, 0) is 112 Å². The Kier molecular flexibility index (Phi) is 21.7. The molecule has 46 heavy (non-hydrogen) atoms. The van der Waals surface area contributed by atoms with Crippen LogP contribution < -0.4 is 0 Å². The number of carbonyl (C=O) groups is 1. The van der Waals surface area contributed by atoms with Gasteiger partial charge >= 0.3 is 5.97 Å². The van der Waals surface area contributed by atoms with Crippen LogP contribution in [0.4, 0.5) is 0 Å². The lowest BCUT2D eigenvalue weighted by molar-refractivity contribution is -0.136. The van der Waals surface area contributed by atoms with Gasteiger partial charge in [-0.2, -0.15) is 0 Å². The molecule has 2 aromatic rings. The van der Waals surface area contributed by atoms with Crippen LogP contribution in [-0.4, -0.2) is 40.2 Å². The molecule has 1 aliphatic rings. The monoisotopic (exact) mass is 643 g/mol. The van der Waals surface area contributed by atoms with Crippen molar-refractivity contribution in [1.29, 1.82) is 0 Å². The predicted molar refractivity (Wildman–Crippen MR) is 199 cm³/mol. The normalized spacial score (nSPS) is 15.2. The van der Waals surface area contributed by atoms with E-state index in [1.54, 1.807) is 0 Å². The second-order valence-corrected chi connectivity index (χ2v) is 12.6. The topological polar surface area (TPSA) is 60.8 Å². The summed E-state index contributed by atoms with van der Waals surface area (Å²) in [7, 11) is 0. The van der Waals surface area contributed by atoms with E-state index in [0.717, 1.165) is 70.8 Å². The van der Waals surface area contributed by atoms with Crippen molar-refractivity contribution in [3.05, 3.63) is 125 Å². The summed E-state index contributed by atoms with van der Waals surface area (Å²) in [5.41, 5.74) is 2.52. The van der Waals surface area contributed by atoms with Gasteiger partial charge in [0.15, 0.2) is 0 Å². The van der Waals surface area contributed by atoms with Crippen molar-refractivity contribution in [2.75, 3.05) is 13.1 Å². The van der Waals surface area contributed by atoms with Gasteiger partial charge in [0.1, 0.15) is 5.75 Å². The third-order valence-corrected chi connectivity index (χ3v) is 8.74. The summed E-state index contributed by atoms with van der Waals surface area (Å²) >= 11 is 1.86. The number of hydrogen-bond donors (Lipinski definition) is 2. The molecule has 0 radical (unpaired) electrons. The molecule has 0 fully saturated rings. The molecule has 0 unspecified atom stereocenters. The molecule has 0 saturated carbocycles. The van der Waals surface area contributed by atoms with E-state index >= 15 is 0 Å². The van der Waals surface area contributed by atoms with Gasteiger partial charge in [0.05, 0.1) is 0 Å². The lowest BCUT2D eigenvalue weighted by atomic mass is 9.86. The van der Waals surface area contributed by atoms with E-state index in [0.29, 0.717) is 18.2 Å². The molecule has 0 amide bonds. The molecule has 0 aliphatic heterocycles. The highest BCUT2D eigenvalue weighted by Crippen LogP contribution is 2.31. The van der Waals surface area contributed by atoms with Crippen molar-refractivity contribution >= 4 is 17.3 Å². The fourth-order valence-corrected chi connectivity index (χ4v) is 6.10. The molecule has 250 valence electrons. The van der Waals surface area contributed by atoms with E-state index in [4.69, 9.17) is 5.11 Å². The number of thiophene rings is 1. The number of aromatic hydroxyl groups is 1. The van der Waals surface area contributed by atoms with Gasteiger partial charge in [0.25, 0.3) is 0 Å². The van der Waals surface area contributed by atoms with Gasteiger partial charge in [-0.15, -0.1) is 11.3 Å². The summed E-state index contributed by atoms with van der Waals surface area (Å²) in [5.74, 6) is -0.258. The number of allylic oxidation sites excluding steroid dienone is 12. The van der Waals surface area contributed by atoms with Crippen LogP contribution in [0, 0.1) is 0 Å². The number of aliphatic carboxylic acids is 1. The average molecular weight is 644 g/mol. The Bertz CT molecular complexity index is 1250. The highest BCUT2D eigenvalue weighted by atomic mass is 32.1. The van der Waals surface area contributed by atoms with E-state index in [-0.39, 0.29) is 6.42 Å². The van der Waals surface area contributed by atoms with Crippen molar-refractivity contribution in [3.63, 3.8) is 0 Å². The minimum absolute atomic E-state index is 0.210. The minimum atomic E-state index is -0.741. The largest absolute Gasteiger partial charge is 0.508 e. The molecule has 3 rings (SSSR count). The standard InChI is InChI=1S/C22H32O2.C19H25NOS/c1-2-3-4-5-6-7-8-9-10-11-12-13-14-15-16-17-18-19-20-21-22(23)24;1-2-11-20(12-10-17-6-4-13-22-17)16-8-9-18-15(14-16)5-3-7-19(18)21/h3-4,6-7,9-10,12-13,15-16,18-19H,2,5,8,11,14,17,20-21H2,1H3,(H,23,24);3-7,13,16,21H,2,8-12,14H2,1H3/b4-3-,7-6-,10-9-,13-12-,16-15-,19-18-;/t;16-/m.0/s1. The zero-order valence-electron chi connectivity index (χ0n) is 28.2. The summed E-state index contributed by atoms with van der Waals surface area (Å²) < 4.78 is 0. The maximum Gasteiger partial charge on any atom is 0.303 e. The van der Waals surface area contributed by atoms with Crippen LogP contribution in [0.2, 0.25) is 0 Å². The van der Waals surface area contributed by atoms with E-state index in [1.807, 2.05) is 35.6 Å². The van der Waals surface area contributed by atoms with Crippen molar-refractivity contribution in [2.24, 2.45) is 0 Å². The van der Waals surface area contributed by atoms with Crippen LogP contribution in [-0.2, 0) is 24.1 Å². The fourth-order valence-electron chi connectivity index (χ4n) is 5.40. The van der Waals surface area contributed by atoms with Crippen LogP contribution in [0.15, 0.2) is 109 Å². The quantitative estimate of drug-likeness (QED) is 0.141. The number of benzene rings is 1. The van der Waals surface area contributed by atoms with Gasteiger partial charge in [-0.1, -0.05) is 105 Å². The second kappa shape index (κ2) is 25.7. The fraction of sp³-hybridized carbons (Fsp3) is 0.439. The van der Waals surface area contributed by atoms with Gasteiger partial charge in [0.2, 0.25) is 0 Å². The van der Waals surface area contributed by atoms with E-state index < -0.39 is 5.97 Å². The van der Waals surface area contributed by atoms with Gasteiger partial charge in [-0.25, -0.2) is 0 Å². The van der Waals surface area contributed by atoms with Gasteiger partial charge in [0, 0.05) is 23.9 Å². The molecule has 1 aromatic heterocycles. The second-order valence-electron chi connectivity index (χ2n) is 11.5. The Hall–Kier alpha value is -3.41. The van der Waals surface area contributed by atoms with Crippen LogP contribution >= 0.6 is 11.3 Å². The first-order valence-corrected chi connectivity index (χ1v) is 18.1. The highest BCUT2D eigenvalue weighted by molar-refractivity contribution is 7.09. The van der Waals surface area contributed by atoms with Crippen molar-refractivity contribution < 1.29 is 15.0 Å². The number of phenolic OH excluding ortho intramolecular Hbond substituents is 1. The first-order chi connectivity index (χ1) is 22.5. The molecule has 1 aromatic carbocycles. The molecule has 1 aliphatic carbocycles. The number of rotatable bonds is 20. The third kappa shape index (κ3) is 17.9. The predicted octanol–water partition coefficient (Wildman–Crippen LogP) is 10.8. The summed E-state index contributed by atoms with van der Waals surface area (Å²) in [5, 5.41) is 20.7. The van der Waals surface area contributed by atoms with Gasteiger partial charge in [-0.3, -0.25) is 9.69 Å². The van der Waals surface area contributed by atoms with Crippen LogP contribution in [0.25, 0.3) is 0 Å². The minimum Gasteiger partial charge on any atom is -0.508 e. The Labute approximate surface area is 283 Å². The highest BCUT2D eigenvalue weighted by Gasteiger charge is 2.25. The molecule has 0 saturated heterocycles. The van der Waals surface area contributed by atoms with Crippen molar-refractivity contribution in [3.8, 4) is 5.75 Å². The summed E-state index contributed by atoms with van der Waals surface area (Å²) in [4.78, 5) is 14.5. The van der Waals surface area contributed by atoms with E-state index in [1.165, 1.54) is 29.0 Å². The Balaban J connectivity index is 0.000000320. The first-order valence-electron chi connectivity index (χ1n) is 17.2. The maximum absolute atomic E-state index is 10.3. The van der Waals surface area contributed by atoms with Crippen LogP contribution in [0.1, 0.15) is 94.1 Å². The van der Waals surface area contributed by atoms with Crippen LogP contribution in [0.3, 0.4) is 0 Å². The number of phenols is 1. The van der Waals surface area contributed by atoms with Crippen LogP contribution in [0.5, 0.6) is 5.75 Å². The SMILES string of the molecule is CC/C=C\C/C=C\C/C=C\C/C=C\C/C=C\C/C=C\CCC(=O)O.CCCN(CCc1cccs1)[C@H]1CCc2c(O)cccc2C1. The molecule has 5 heteroatoms. The first kappa shape index (κ1) is 38.8. The van der Waals surface area contributed by atoms with Gasteiger partial charge < -0.3 is 10.2 Å². The zero-order chi connectivity index (χ0) is 33.1. The number of carboxylic acid groups (broad SMARTS) is 1.